The fourth-order valence-corrected chi connectivity index (χ4v) is 1.17. The van der Waals surface area contributed by atoms with Gasteiger partial charge >= 0.3 is 0 Å². The summed E-state index contributed by atoms with van der Waals surface area (Å²) in [7, 11) is 2.09. The molecule has 1 aliphatic rings. The maximum Gasteiger partial charge on any atom is 0.209 e. The number of carbonyl (C=O) groups excluding carboxylic acids is 1. The molecular formula is C9H20N2O. The largest absolute Gasteiger partial charge is 0.342 e. The van der Waals surface area contributed by atoms with Gasteiger partial charge in [0.25, 0.3) is 0 Å². The van der Waals surface area contributed by atoms with Gasteiger partial charge < -0.3 is 9.80 Å². The molecule has 0 aromatic rings. The summed E-state index contributed by atoms with van der Waals surface area (Å²) in [5, 5.41) is 0. The van der Waals surface area contributed by atoms with Crippen LogP contribution in [0.25, 0.3) is 0 Å². The van der Waals surface area contributed by atoms with E-state index in [2.05, 4.69) is 18.9 Å². The second kappa shape index (κ2) is 6.00. The number of piperazine rings is 1. The molecule has 0 aliphatic carbocycles. The van der Waals surface area contributed by atoms with Crippen molar-refractivity contribution in [2.75, 3.05) is 26.7 Å². The van der Waals surface area contributed by atoms with Gasteiger partial charge in [-0.3, -0.25) is 4.79 Å². The summed E-state index contributed by atoms with van der Waals surface area (Å²) in [6.07, 6.45) is 0.934. The number of hydrogen-bond donors (Lipinski definition) is 0. The first-order valence-corrected chi connectivity index (χ1v) is 4.63. The van der Waals surface area contributed by atoms with Crippen molar-refractivity contribution in [1.29, 1.82) is 0 Å². The van der Waals surface area contributed by atoms with Gasteiger partial charge in [-0.2, -0.15) is 0 Å². The Morgan fingerprint density at radius 3 is 2.33 bits per heavy atom. The van der Waals surface area contributed by atoms with Crippen molar-refractivity contribution in [3.8, 4) is 0 Å². The first kappa shape index (κ1) is 11.4. The Morgan fingerprint density at radius 2 is 1.92 bits per heavy atom. The summed E-state index contributed by atoms with van der Waals surface area (Å²) in [5.74, 6) is 0. The molecular weight excluding hydrogens is 152 g/mol. The van der Waals surface area contributed by atoms with Crippen LogP contribution < -0.4 is 0 Å². The highest BCUT2D eigenvalue weighted by atomic mass is 16.1. The molecule has 0 unspecified atom stereocenters. The highest BCUT2D eigenvalue weighted by Crippen LogP contribution is 2.03. The molecule has 0 bridgehead atoms. The Hall–Kier alpha value is -0.570. The topological polar surface area (TPSA) is 23.6 Å². The summed E-state index contributed by atoms with van der Waals surface area (Å²) in [4.78, 5) is 14.4. The highest BCUT2D eigenvalue weighted by Gasteiger charge is 2.18. The minimum atomic E-state index is 0.513. The van der Waals surface area contributed by atoms with Crippen molar-refractivity contribution < 1.29 is 4.79 Å². The van der Waals surface area contributed by atoms with E-state index in [1.165, 1.54) is 0 Å². The summed E-state index contributed by atoms with van der Waals surface area (Å²) in [6, 6.07) is 0.513. The second-order valence-corrected chi connectivity index (χ2v) is 2.93. The van der Waals surface area contributed by atoms with Crippen molar-refractivity contribution in [3.05, 3.63) is 0 Å². The number of nitrogens with zero attached hydrogens (tertiary/aromatic N) is 2. The van der Waals surface area contributed by atoms with Gasteiger partial charge in [-0.15, -0.1) is 0 Å². The first-order valence-electron chi connectivity index (χ1n) is 4.63. The molecule has 0 N–H and O–H groups in total. The predicted molar refractivity (Wildman–Crippen MR) is 51.1 cm³/mol. The zero-order valence-electron chi connectivity index (χ0n) is 8.58. The Balaban J connectivity index is 0.000000561. The van der Waals surface area contributed by atoms with E-state index in [1.54, 1.807) is 0 Å². The summed E-state index contributed by atoms with van der Waals surface area (Å²) < 4.78 is 0. The standard InChI is InChI=1S/C7H14N2O.C2H6/c1-7-5-9(6-10)4-3-8(7)2;1-2/h6-7H,3-5H2,1-2H3;1-2H3/t7-;/m0./s1. The van der Waals surface area contributed by atoms with Crippen LogP contribution in [0.1, 0.15) is 20.8 Å². The zero-order chi connectivity index (χ0) is 9.56. The quantitative estimate of drug-likeness (QED) is 0.546. The average molecular weight is 172 g/mol. The van der Waals surface area contributed by atoms with E-state index in [9.17, 15) is 4.79 Å². The van der Waals surface area contributed by atoms with Crippen molar-refractivity contribution in [2.45, 2.75) is 26.8 Å². The molecule has 1 amide bonds. The highest BCUT2D eigenvalue weighted by molar-refractivity contribution is 5.47. The lowest BCUT2D eigenvalue weighted by Gasteiger charge is -2.35. The number of carbonyl (C=O) groups is 1. The molecule has 3 heteroatoms. The summed E-state index contributed by atoms with van der Waals surface area (Å²) in [5.41, 5.74) is 0. The Bertz CT molecular complexity index is 128. The summed E-state index contributed by atoms with van der Waals surface area (Å²) >= 11 is 0. The molecule has 1 atom stereocenters. The Labute approximate surface area is 75.3 Å². The molecule has 12 heavy (non-hydrogen) atoms. The number of amides is 1. The molecule has 1 aliphatic heterocycles. The lowest BCUT2D eigenvalue weighted by molar-refractivity contribution is -0.120. The third-order valence-electron chi connectivity index (χ3n) is 2.14. The zero-order valence-corrected chi connectivity index (χ0v) is 8.58. The maximum atomic E-state index is 10.3. The van der Waals surface area contributed by atoms with Crippen LogP contribution in [-0.2, 0) is 4.79 Å². The molecule has 0 radical (unpaired) electrons. The van der Waals surface area contributed by atoms with Crippen LogP contribution in [0.4, 0.5) is 0 Å². The fourth-order valence-electron chi connectivity index (χ4n) is 1.17. The number of hydrogen-bond acceptors (Lipinski definition) is 2. The Morgan fingerprint density at radius 1 is 1.33 bits per heavy atom. The van der Waals surface area contributed by atoms with Crippen LogP contribution in [0.2, 0.25) is 0 Å². The molecule has 3 nitrogen and oxygen atoms in total. The van der Waals surface area contributed by atoms with Crippen LogP contribution >= 0.6 is 0 Å². The van der Waals surface area contributed by atoms with E-state index in [1.807, 2.05) is 18.7 Å². The first-order chi connectivity index (χ1) is 5.74. The molecule has 1 heterocycles. The monoisotopic (exact) mass is 172 g/mol. The van der Waals surface area contributed by atoms with Gasteiger partial charge in [-0.1, -0.05) is 13.8 Å². The van der Waals surface area contributed by atoms with Crippen molar-refractivity contribution in [1.82, 2.24) is 9.80 Å². The van der Waals surface area contributed by atoms with Crippen LogP contribution in [0.5, 0.6) is 0 Å². The van der Waals surface area contributed by atoms with Crippen LogP contribution in [-0.4, -0.2) is 48.9 Å². The predicted octanol–water partition coefficient (Wildman–Crippen LogP) is 0.805. The molecule has 1 rings (SSSR count). The van der Waals surface area contributed by atoms with E-state index in [4.69, 9.17) is 0 Å². The smallest absolute Gasteiger partial charge is 0.209 e. The molecule has 0 aromatic carbocycles. The molecule has 0 saturated carbocycles. The van der Waals surface area contributed by atoms with Crippen molar-refractivity contribution in [3.63, 3.8) is 0 Å². The molecule has 0 aromatic heterocycles. The third-order valence-corrected chi connectivity index (χ3v) is 2.14. The third kappa shape index (κ3) is 3.22. The summed E-state index contributed by atoms with van der Waals surface area (Å²) in [6.45, 7) is 8.89. The van der Waals surface area contributed by atoms with Crippen LogP contribution in [0, 0.1) is 0 Å². The van der Waals surface area contributed by atoms with Crippen LogP contribution in [0.15, 0.2) is 0 Å². The van der Waals surface area contributed by atoms with Gasteiger partial charge in [0, 0.05) is 25.7 Å². The fraction of sp³-hybridized carbons (Fsp3) is 0.889. The lowest BCUT2D eigenvalue weighted by atomic mass is 10.2. The second-order valence-electron chi connectivity index (χ2n) is 2.93. The van der Waals surface area contributed by atoms with E-state index in [0.717, 1.165) is 26.0 Å². The average Bonchev–Trinajstić information content (AvgIpc) is 2.13. The van der Waals surface area contributed by atoms with Gasteiger partial charge in [0.05, 0.1) is 0 Å². The SMILES string of the molecule is CC.C[C@H]1CN(C=O)CCN1C. The minimum Gasteiger partial charge on any atom is -0.342 e. The van der Waals surface area contributed by atoms with E-state index >= 15 is 0 Å². The number of likely N-dealkylation sites (N-methyl/N-ethyl adjacent to an activating group) is 1. The van der Waals surface area contributed by atoms with E-state index in [-0.39, 0.29) is 0 Å². The Kier molecular flexibility index (Phi) is 5.72. The van der Waals surface area contributed by atoms with Gasteiger partial charge in [-0.05, 0) is 14.0 Å². The normalized spacial score (nSPS) is 24.3. The van der Waals surface area contributed by atoms with Gasteiger partial charge in [0.2, 0.25) is 6.41 Å². The van der Waals surface area contributed by atoms with Gasteiger partial charge in [0.1, 0.15) is 0 Å². The maximum absolute atomic E-state index is 10.3. The van der Waals surface area contributed by atoms with E-state index in [0.29, 0.717) is 6.04 Å². The molecule has 1 saturated heterocycles. The lowest BCUT2D eigenvalue weighted by Crippen LogP contribution is -2.49. The van der Waals surface area contributed by atoms with Gasteiger partial charge in [-0.25, -0.2) is 0 Å². The molecule has 1 fully saturated rings. The number of rotatable bonds is 1. The van der Waals surface area contributed by atoms with Crippen molar-refractivity contribution in [2.24, 2.45) is 0 Å². The minimum absolute atomic E-state index is 0.513. The molecule has 0 spiro atoms. The van der Waals surface area contributed by atoms with E-state index < -0.39 is 0 Å². The molecule has 72 valence electrons. The van der Waals surface area contributed by atoms with Crippen LogP contribution in [0.3, 0.4) is 0 Å². The van der Waals surface area contributed by atoms with Crippen molar-refractivity contribution >= 4 is 6.41 Å². The van der Waals surface area contributed by atoms with Gasteiger partial charge in [0.15, 0.2) is 0 Å².